The van der Waals surface area contributed by atoms with Crippen molar-refractivity contribution in [3.05, 3.63) is 16.6 Å². The predicted octanol–water partition coefficient (Wildman–Crippen LogP) is 1.51. The van der Waals surface area contributed by atoms with E-state index >= 15 is 0 Å². The van der Waals surface area contributed by atoms with Crippen LogP contribution >= 0.6 is 11.3 Å². The number of nitrogens with zero attached hydrogens (tertiary/aromatic N) is 2. The van der Waals surface area contributed by atoms with Crippen LogP contribution in [0.3, 0.4) is 0 Å². The molecule has 112 valence electrons. The first kappa shape index (κ1) is 15.2. The Balaban J connectivity index is 2.02. The summed E-state index contributed by atoms with van der Waals surface area (Å²) >= 11 is 1.41. The standard InChI is InChI=1S/C13H21N3O3S/c1-12(2,3)19-11(17)16-6-4-13(18,8-16)9(14)10-15-5-7-20-10/h5,7,9,18H,4,6,8,14H2,1-3H3. The average Bonchev–Trinajstić information content (AvgIpc) is 2.95. The van der Waals surface area contributed by atoms with Gasteiger partial charge in [0.1, 0.15) is 16.2 Å². The first-order valence-corrected chi connectivity index (χ1v) is 7.44. The highest BCUT2D eigenvalue weighted by Crippen LogP contribution is 2.33. The number of amides is 1. The molecule has 1 saturated heterocycles. The van der Waals surface area contributed by atoms with Crippen LogP contribution in [-0.2, 0) is 4.74 Å². The van der Waals surface area contributed by atoms with Crippen molar-refractivity contribution in [2.45, 2.75) is 44.4 Å². The summed E-state index contributed by atoms with van der Waals surface area (Å²) in [6, 6.07) is -0.588. The van der Waals surface area contributed by atoms with Gasteiger partial charge in [0.05, 0.1) is 12.6 Å². The number of aliphatic hydroxyl groups is 1. The van der Waals surface area contributed by atoms with Gasteiger partial charge in [-0.05, 0) is 27.2 Å². The van der Waals surface area contributed by atoms with E-state index in [0.717, 1.165) is 0 Å². The fourth-order valence-corrected chi connectivity index (χ4v) is 2.92. The molecule has 0 radical (unpaired) electrons. The number of β-amino-alcohol motifs (C(OH)–C–C–N with tert-alkyl or cyclic N) is 1. The molecular formula is C13H21N3O3S. The number of carbonyl (C=O) groups is 1. The maximum Gasteiger partial charge on any atom is 0.410 e. The summed E-state index contributed by atoms with van der Waals surface area (Å²) in [6.07, 6.45) is 1.66. The topological polar surface area (TPSA) is 88.7 Å². The first-order valence-electron chi connectivity index (χ1n) is 6.56. The minimum Gasteiger partial charge on any atom is -0.444 e. The molecule has 1 fully saturated rings. The van der Waals surface area contributed by atoms with Crippen LogP contribution in [0.5, 0.6) is 0 Å². The molecule has 0 aromatic carbocycles. The number of ether oxygens (including phenoxy) is 1. The minimum atomic E-state index is -1.14. The van der Waals surface area contributed by atoms with Gasteiger partial charge in [0.2, 0.25) is 0 Å². The molecule has 1 aliphatic rings. The van der Waals surface area contributed by atoms with Crippen molar-refractivity contribution in [2.75, 3.05) is 13.1 Å². The van der Waals surface area contributed by atoms with E-state index in [9.17, 15) is 9.90 Å². The number of rotatable bonds is 2. The highest BCUT2D eigenvalue weighted by molar-refractivity contribution is 7.09. The van der Waals surface area contributed by atoms with Crippen LogP contribution < -0.4 is 5.73 Å². The van der Waals surface area contributed by atoms with Gasteiger partial charge in [-0.1, -0.05) is 0 Å². The van der Waals surface area contributed by atoms with Gasteiger partial charge < -0.3 is 20.5 Å². The lowest BCUT2D eigenvalue weighted by molar-refractivity contribution is 0.00505. The number of hydrogen-bond donors (Lipinski definition) is 2. The summed E-state index contributed by atoms with van der Waals surface area (Å²) in [5, 5.41) is 13.1. The number of carbonyl (C=O) groups excluding carboxylic acids is 1. The lowest BCUT2D eigenvalue weighted by Crippen LogP contribution is -2.45. The van der Waals surface area contributed by atoms with Gasteiger partial charge in [-0.15, -0.1) is 11.3 Å². The molecule has 2 atom stereocenters. The Kier molecular flexibility index (Phi) is 4.04. The molecular weight excluding hydrogens is 278 g/mol. The molecule has 0 spiro atoms. The molecule has 20 heavy (non-hydrogen) atoms. The lowest BCUT2D eigenvalue weighted by atomic mass is 9.94. The normalized spacial score (nSPS) is 24.8. The fourth-order valence-electron chi connectivity index (χ4n) is 2.17. The Morgan fingerprint density at radius 1 is 1.65 bits per heavy atom. The molecule has 0 bridgehead atoms. The van der Waals surface area contributed by atoms with Crippen LogP contribution in [0.4, 0.5) is 4.79 Å². The van der Waals surface area contributed by atoms with E-state index in [1.54, 1.807) is 6.20 Å². The van der Waals surface area contributed by atoms with Crippen molar-refractivity contribution in [1.29, 1.82) is 0 Å². The van der Waals surface area contributed by atoms with Crippen molar-refractivity contribution in [3.63, 3.8) is 0 Å². The Morgan fingerprint density at radius 3 is 2.90 bits per heavy atom. The largest absolute Gasteiger partial charge is 0.444 e. The summed E-state index contributed by atoms with van der Waals surface area (Å²) in [6.45, 7) is 6.05. The molecule has 1 aromatic heterocycles. The summed E-state index contributed by atoms with van der Waals surface area (Å²) < 4.78 is 5.31. The van der Waals surface area contributed by atoms with Crippen LogP contribution in [0.1, 0.15) is 38.2 Å². The molecule has 1 aliphatic heterocycles. The molecule has 6 nitrogen and oxygen atoms in total. The highest BCUT2D eigenvalue weighted by Gasteiger charge is 2.45. The molecule has 2 heterocycles. The number of hydrogen-bond acceptors (Lipinski definition) is 6. The summed E-state index contributed by atoms with van der Waals surface area (Å²) in [4.78, 5) is 17.6. The van der Waals surface area contributed by atoms with E-state index in [4.69, 9.17) is 10.5 Å². The van der Waals surface area contributed by atoms with Crippen LogP contribution in [0.15, 0.2) is 11.6 Å². The molecule has 7 heteroatoms. The Labute approximate surface area is 122 Å². The predicted molar refractivity (Wildman–Crippen MR) is 76.4 cm³/mol. The highest BCUT2D eigenvalue weighted by atomic mass is 32.1. The molecule has 0 saturated carbocycles. The van der Waals surface area contributed by atoms with E-state index < -0.39 is 23.3 Å². The molecule has 0 aliphatic carbocycles. The first-order chi connectivity index (χ1) is 9.21. The minimum absolute atomic E-state index is 0.169. The molecule has 2 unspecified atom stereocenters. The van der Waals surface area contributed by atoms with Gasteiger partial charge in [-0.3, -0.25) is 0 Å². The van der Waals surface area contributed by atoms with E-state index in [1.807, 2.05) is 26.2 Å². The van der Waals surface area contributed by atoms with Crippen LogP contribution in [0, 0.1) is 0 Å². The van der Waals surface area contributed by atoms with Gasteiger partial charge >= 0.3 is 6.09 Å². The molecule has 1 amide bonds. The van der Waals surface area contributed by atoms with Crippen LogP contribution in [0.25, 0.3) is 0 Å². The summed E-state index contributed by atoms with van der Waals surface area (Å²) in [7, 11) is 0. The number of aromatic nitrogens is 1. The quantitative estimate of drug-likeness (QED) is 0.864. The van der Waals surface area contributed by atoms with Crippen LogP contribution in [0.2, 0.25) is 0 Å². The zero-order valence-corrected chi connectivity index (χ0v) is 12.8. The van der Waals surface area contributed by atoms with Crippen molar-refractivity contribution in [2.24, 2.45) is 5.73 Å². The second kappa shape index (κ2) is 5.31. The Morgan fingerprint density at radius 2 is 2.35 bits per heavy atom. The fraction of sp³-hybridized carbons (Fsp3) is 0.692. The number of nitrogens with two attached hydrogens (primary N) is 1. The maximum absolute atomic E-state index is 12.0. The van der Waals surface area contributed by atoms with Crippen molar-refractivity contribution in [3.8, 4) is 0 Å². The number of likely N-dealkylation sites (tertiary alicyclic amines) is 1. The molecule has 2 rings (SSSR count). The third-order valence-corrected chi connectivity index (χ3v) is 4.09. The van der Waals surface area contributed by atoms with Crippen molar-refractivity contribution < 1.29 is 14.6 Å². The SMILES string of the molecule is CC(C)(C)OC(=O)N1CCC(O)(C(N)c2nccs2)C1. The third kappa shape index (κ3) is 3.28. The van der Waals surface area contributed by atoms with E-state index in [-0.39, 0.29) is 6.54 Å². The van der Waals surface area contributed by atoms with E-state index in [2.05, 4.69) is 4.98 Å². The Hall–Kier alpha value is -1.18. The number of thiazole rings is 1. The molecule has 3 N–H and O–H groups in total. The monoisotopic (exact) mass is 299 g/mol. The zero-order chi connectivity index (χ0) is 15.0. The van der Waals surface area contributed by atoms with Crippen molar-refractivity contribution >= 4 is 17.4 Å². The maximum atomic E-state index is 12.0. The van der Waals surface area contributed by atoms with Crippen LogP contribution in [-0.4, -0.2) is 45.4 Å². The molecule has 1 aromatic rings. The van der Waals surface area contributed by atoms with E-state index in [0.29, 0.717) is 18.0 Å². The second-order valence-electron chi connectivity index (χ2n) is 6.10. The third-order valence-electron chi connectivity index (χ3n) is 3.23. The van der Waals surface area contributed by atoms with Gasteiger partial charge in [0.15, 0.2) is 0 Å². The van der Waals surface area contributed by atoms with Gasteiger partial charge in [0.25, 0.3) is 0 Å². The zero-order valence-electron chi connectivity index (χ0n) is 12.0. The van der Waals surface area contributed by atoms with Gasteiger partial charge in [0, 0.05) is 18.1 Å². The summed E-state index contributed by atoms with van der Waals surface area (Å²) in [5.74, 6) is 0. The van der Waals surface area contributed by atoms with Crippen molar-refractivity contribution in [1.82, 2.24) is 9.88 Å². The van der Waals surface area contributed by atoms with Gasteiger partial charge in [-0.2, -0.15) is 0 Å². The Bertz CT molecular complexity index is 472. The van der Waals surface area contributed by atoms with Gasteiger partial charge in [-0.25, -0.2) is 9.78 Å². The van der Waals surface area contributed by atoms with E-state index in [1.165, 1.54) is 16.2 Å². The second-order valence-corrected chi connectivity index (χ2v) is 7.03. The average molecular weight is 299 g/mol. The smallest absolute Gasteiger partial charge is 0.410 e. The lowest BCUT2D eigenvalue weighted by Gasteiger charge is -2.29. The summed E-state index contributed by atoms with van der Waals surface area (Å²) in [5.41, 5.74) is 4.40.